The molecule has 3 aromatic rings. The van der Waals surface area contributed by atoms with Gasteiger partial charge in [-0.2, -0.15) is 0 Å². The fraction of sp³-hybridized carbons (Fsp3) is 0.280. The van der Waals surface area contributed by atoms with Gasteiger partial charge in [0.05, 0.1) is 12.8 Å². The van der Waals surface area contributed by atoms with E-state index in [0.717, 1.165) is 38.3 Å². The van der Waals surface area contributed by atoms with Crippen LogP contribution in [0, 0.1) is 0 Å². The number of hydrogen-bond donors (Lipinski definition) is 0. The van der Waals surface area contributed by atoms with Crippen molar-refractivity contribution in [2.75, 3.05) is 38.2 Å². The van der Waals surface area contributed by atoms with Gasteiger partial charge < -0.3 is 9.64 Å². The Morgan fingerprint density at radius 3 is 1.93 bits per heavy atom. The molecule has 0 amide bonds. The second kappa shape index (κ2) is 11.8. The van der Waals surface area contributed by atoms with E-state index in [0.29, 0.717) is 6.04 Å². The van der Waals surface area contributed by atoms with Crippen LogP contribution in [0.1, 0.15) is 17.2 Å². The van der Waals surface area contributed by atoms with Crippen LogP contribution in [-0.2, 0) is 6.42 Å². The Kier molecular flexibility index (Phi) is 9.51. The Morgan fingerprint density at radius 1 is 0.733 bits per heavy atom. The van der Waals surface area contributed by atoms with Crippen molar-refractivity contribution in [3.8, 4) is 5.75 Å². The molecular formula is C25H30Cl2N2O. The van der Waals surface area contributed by atoms with E-state index < -0.39 is 0 Å². The highest BCUT2D eigenvalue weighted by Crippen LogP contribution is 2.31. The minimum absolute atomic E-state index is 0. The molecule has 1 heterocycles. The molecule has 30 heavy (non-hydrogen) atoms. The standard InChI is InChI=1S/C25H28N2O.2ClH/c1-28-25-15-9-8-14-23(25)26-16-18-27(19-17-26)24(22-12-6-3-7-13-22)20-21-10-4-2-5-11-21;;/h2-15,24H,16-20H2,1H3;2*1H. The first-order valence-electron chi connectivity index (χ1n) is 10.1. The summed E-state index contributed by atoms with van der Waals surface area (Å²) in [4.78, 5) is 5.08. The third-order valence-electron chi connectivity index (χ3n) is 5.64. The van der Waals surface area contributed by atoms with Crippen molar-refractivity contribution < 1.29 is 4.74 Å². The van der Waals surface area contributed by atoms with Gasteiger partial charge in [-0.15, -0.1) is 24.8 Å². The first-order valence-corrected chi connectivity index (χ1v) is 10.1. The average Bonchev–Trinajstić information content (AvgIpc) is 2.79. The van der Waals surface area contributed by atoms with Crippen molar-refractivity contribution in [2.24, 2.45) is 0 Å². The molecule has 1 aliphatic heterocycles. The van der Waals surface area contributed by atoms with E-state index in [-0.39, 0.29) is 24.8 Å². The number of nitrogens with zero attached hydrogens (tertiary/aromatic N) is 2. The lowest BCUT2D eigenvalue weighted by atomic mass is 9.96. The molecule has 0 aliphatic carbocycles. The Hall–Kier alpha value is -2.20. The second-order valence-electron chi connectivity index (χ2n) is 7.31. The molecule has 0 radical (unpaired) electrons. The summed E-state index contributed by atoms with van der Waals surface area (Å²) in [5.74, 6) is 0.958. The van der Waals surface area contributed by atoms with Crippen LogP contribution in [0.25, 0.3) is 0 Å². The van der Waals surface area contributed by atoms with E-state index in [2.05, 4.69) is 82.6 Å². The summed E-state index contributed by atoms with van der Waals surface area (Å²) in [5, 5.41) is 0. The first-order chi connectivity index (χ1) is 13.8. The first kappa shape index (κ1) is 24.1. The van der Waals surface area contributed by atoms with Gasteiger partial charge in [0.1, 0.15) is 5.75 Å². The van der Waals surface area contributed by atoms with E-state index in [9.17, 15) is 0 Å². The van der Waals surface area contributed by atoms with E-state index in [1.54, 1.807) is 7.11 Å². The van der Waals surface area contributed by atoms with Crippen LogP contribution in [0.15, 0.2) is 84.9 Å². The van der Waals surface area contributed by atoms with Crippen LogP contribution >= 0.6 is 24.8 Å². The summed E-state index contributed by atoms with van der Waals surface area (Å²) in [7, 11) is 1.75. The van der Waals surface area contributed by atoms with Gasteiger partial charge in [-0.25, -0.2) is 0 Å². The van der Waals surface area contributed by atoms with E-state index in [4.69, 9.17) is 4.74 Å². The predicted octanol–water partition coefficient (Wildman–Crippen LogP) is 5.64. The van der Waals surface area contributed by atoms with Gasteiger partial charge in [0.2, 0.25) is 0 Å². The third kappa shape index (κ3) is 5.69. The summed E-state index contributed by atoms with van der Waals surface area (Å²) in [5.41, 5.74) is 3.99. The molecule has 0 bridgehead atoms. The minimum Gasteiger partial charge on any atom is -0.495 e. The van der Waals surface area contributed by atoms with Crippen LogP contribution < -0.4 is 9.64 Å². The Bertz CT molecular complexity index is 869. The molecule has 1 atom stereocenters. The highest BCUT2D eigenvalue weighted by Gasteiger charge is 2.26. The lowest BCUT2D eigenvalue weighted by molar-refractivity contribution is 0.184. The molecule has 1 saturated heterocycles. The van der Waals surface area contributed by atoms with Crippen LogP contribution in [0.5, 0.6) is 5.75 Å². The highest BCUT2D eigenvalue weighted by atomic mass is 35.5. The molecule has 0 saturated carbocycles. The van der Waals surface area contributed by atoms with Gasteiger partial charge in [0.15, 0.2) is 0 Å². The summed E-state index contributed by atoms with van der Waals surface area (Å²) in [6.07, 6.45) is 1.04. The predicted molar refractivity (Wildman–Crippen MR) is 131 cm³/mol. The maximum absolute atomic E-state index is 5.57. The smallest absolute Gasteiger partial charge is 0.142 e. The lowest BCUT2D eigenvalue weighted by Crippen LogP contribution is -2.48. The molecule has 4 rings (SSSR count). The van der Waals surface area contributed by atoms with Gasteiger partial charge in [-0.3, -0.25) is 4.90 Å². The Balaban J connectivity index is 0.00000160. The van der Waals surface area contributed by atoms with Crippen molar-refractivity contribution in [2.45, 2.75) is 12.5 Å². The SMILES string of the molecule is COc1ccccc1N1CCN(C(Cc2ccccc2)c2ccccc2)CC1.Cl.Cl. The molecule has 0 N–H and O–H groups in total. The number of anilines is 1. The van der Waals surface area contributed by atoms with E-state index in [1.165, 1.54) is 16.8 Å². The maximum atomic E-state index is 5.57. The summed E-state index contributed by atoms with van der Waals surface area (Å²) in [6.45, 7) is 4.12. The van der Waals surface area contributed by atoms with Crippen LogP contribution in [0.3, 0.4) is 0 Å². The van der Waals surface area contributed by atoms with Crippen LogP contribution in [0.2, 0.25) is 0 Å². The summed E-state index contributed by atoms with van der Waals surface area (Å²) < 4.78 is 5.57. The van der Waals surface area contributed by atoms with E-state index in [1.807, 2.05) is 12.1 Å². The molecule has 5 heteroatoms. The van der Waals surface area contributed by atoms with Crippen molar-refractivity contribution in [1.82, 2.24) is 4.90 Å². The monoisotopic (exact) mass is 444 g/mol. The van der Waals surface area contributed by atoms with Crippen molar-refractivity contribution >= 4 is 30.5 Å². The van der Waals surface area contributed by atoms with Crippen LogP contribution in [-0.4, -0.2) is 38.2 Å². The van der Waals surface area contributed by atoms with Gasteiger partial charge in [-0.05, 0) is 29.7 Å². The zero-order chi connectivity index (χ0) is 19.2. The quantitative estimate of drug-likeness (QED) is 0.488. The molecule has 160 valence electrons. The maximum Gasteiger partial charge on any atom is 0.142 e. The summed E-state index contributed by atoms with van der Waals surface area (Å²) >= 11 is 0. The molecule has 3 nitrogen and oxygen atoms in total. The Labute approximate surface area is 192 Å². The molecule has 1 unspecified atom stereocenters. The number of methoxy groups -OCH3 is 1. The molecule has 0 aromatic heterocycles. The van der Waals surface area contributed by atoms with Gasteiger partial charge >= 0.3 is 0 Å². The molecule has 1 aliphatic rings. The highest BCUT2D eigenvalue weighted by molar-refractivity contribution is 5.85. The average molecular weight is 445 g/mol. The molecule has 0 spiro atoms. The summed E-state index contributed by atoms with van der Waals surface area (Å²) in [6, 6.07) is 30.5. The van der Waals surface area contributed by atoms with E-state index >= 15 is 0 Å². The molecular weight excluding hydrogens is 415 g/mol. The number of hydrogen-bond acceptors (Lipinski definition) is 3. The van der Waals surface area contributed by atoms with Gasteiger partial charge in [0, 0.05) is 32.2 Å². The lowest BCUT2D eigenvalue weighted by Gasteiger charge is -2.41. The van der Waals surface area contributed by atoms with Crippen molar-refractivity contribution in [1.29, 1.82) is 0 Å². The zero-order valence-electron chi connectivity index (χ0n) is 17.3. The largest absolute Gasteiger partial charge is 0.495 e. The number of rotatable bonds is 6. The second-order valence-corrected chi connectivity index (χ2v) is 7.31. The number of para-hydroxylation sites is 2. The van der Waals surface area contributed by atoms with Gasteiger partial charge in [0.25, 0.3) is 0 Å². The molecule has 1 fully saturated rings. The van der Waals surface area contributed by atoms with Crippen LogP contribution in [0.4, 0.5) is 5.69 Å². The number of piperazine rings is 1. The number of halogens is 2. The Morgan fingerprint density at radius 2 is 1.30 bits per heavy atom. The van der Waals surface area contributed by atoms with Gasteiger partial charge in [-0.1, -0.05) is 72.8 Å². The fourth-order valence-electron chi connectivity index (χ4n) is 4.14. The molecule has 3 aromatic carbocycles. The topological polar surface area (TPSA) is 15.7 Å². The number of benzene rings is 3. The van der Waals surface area contributed by atoms with Crippen molar-refractivity contribution in [3.63, 3.8) is 0 Å². The number of ether oxygens (including phenoxy) is 1. The fourth-order valence-corrected chi connectivity index (χ4v) is 4.14. The third-order valence-corrected chi connectivity index (χ3v) is 5.64. The zero-order valence-corrected chi connectivity index (χ0v) is 18.9. The minimum atomic E-state index is 0. The normalized spacial score (nSPS) is 14.9. The van der Waals surface area contributed by atoms with Crippen molar-refractivity contribution in [3.05, 3.63) is 96.1 Å².